The summed E-state index contributed by atoms with van der Waals surface area (Å²) in [7, 11) is 0. The highest BCUT2D eigenvalue weighted by molar-refractivity contribution is 6.01. The predicted molar refractivity (Wildman–Crippen MR) is 71.5 cm³/mol. The van der Waals surface area contributed by atoms with Crippen LogP contribution in [0.2, 0.25) is 0 Å². The van der Waals surface area contributed by atoms with Crippen molar-refractivity contribution in [3.8, 4) is 0 Å². The lowest BCUT2D eigenvalue weighted by Gasteiger charge is -2.22. The van der Waals surface area contributed by atoms with Crippen LogP contribution in [0.3, 0.4) is 0 Å². The maximum absolute atomic E-state index is 12.0. The van der Waals surface area contributed by atoms with E-state index in [1.54, 1.807) is 13.8 Å². The number of carbonyl (C=O) groups excluding carboxylic acids is 3. The fraction of sp³-hybridized carbons (Fsp3) is 0.643. The zero-order valence-corrected chi connectivity index (χ0v) is 12.2. The predicted octanol–water partition coefficient (Wildman–Crippen LogP) is 1.26. The average molecular weight is 283 g/mol. The molecule has 1 heterocycles. The van der Waals surface area contributed by atoms with Gasteiger partial charge in [-0.25, -0.2) is 0 Å². The van der Waals surface area contributed by atoms with Crippen molar-refractivity contribution in [1.82, 2.24) is 4.90 Å². The Bertz CT molecular complexity index is 398. The smallest absolute Gasteiger partial charge is 0.327 e. The fourth-order valence-electron chi connectivity index (χ4n) is 1.85. The molecule has 0 atom stereocenters. The van der Waals surface area contributed by atoms with Gasteiger partial charge in [0.15, 0.2) is 5.41 Å². The summed E-state index contributed by atoms with van der Waals surface area (Å²) in [5.74, 6) is -1.38. The Morgan fingerprint density at radius 1 is 1.25 bits per heavy atom. The highest BCUT2D eigenvalue weighted by Crippen LogP contribution is 2.24. The number of carbonyl (C=O) groups is 3. The molecule has 6 heteroatoms. The van der Waals surface area contributed by atoms with Crippen molar-refractivity contribution in [3.63, 3.8) is 0 Å². The molecule has 112 valence electrons. The molecular weight excluding hydrogens is 262 g/mol. The summed E-state index contributed by atoms with van der Waals surface area (Å²) in [5, 5.41) is 0. The van der Waals surface area contributed by atoms with Crippen molar-refractivity contribution in [2.24, 2.45) is 5.41 Å². The molecular formula is C14H21NO5. The van der Waals surface area contributed by atoms with Crippen LogP contribution in [0, 0.1) is 5.41 Å². The van der Waals surface area contributed by atoms with Crippen LogP contribution in [-0.2, 0) is 23.9 Å². The maximum Gasteiger partial charge on any atom is 0.327 e. The van der Waals surface area contributed by atoms with E-state index in [0.29, 0.717) is 13.0 Å². The van der Waals surface area contributed by atoms with Gasteiger partial charge < -0.3 is 14.4 Å². The number of hydrogen-bond donors (Lipinski definition) is 0. The highest BCUT2D eigenvalue weighted by atomic mass is 16.6. The number of esters is 2. The van der Waals surface area contributed by atoms with Crippen LogP contribution < -0.4 is 0 Å². The lowest BCUT2D eigenvalue weighted by atomic mass is 9.90. The minimum absolute atomic E-state index is 0.0173. The Labute approximate surface area is 118 Å². The van der Waals surface area contributed by atoms with Crippen molar-refractivity contribution in [1.29, 1.82) is 0 Å². The molecule has 0 bridgehead atoms. The molecule has 1 saturated heterocycles. The van der Waals surface area contributed by atoms with E-state index in [1.165, 1.54) is 24.1 Å². The largest absolute Gasteiger partial charge is 0.465 e. The lowest BCUT2D eigenvalue weighted by molar-refractivity contribution is -0.166. The highest BCUT2D eigenvalue weighted by Gasteiger charge is 2.42. The number of likely N-dealkylation sites (tertiary alicyclic amines) is 1. The number of amides is 1. The molecule has 0 N–H and O–H groups in total. The topological polar surface area (TPSA) is 72.9 Å². The van der Waals surface area contributed by atoms with Gasteiger partial charge in [-0.2, -0.15) is 0 Å². The van der Waals surface area contributed by atoms with Crippen LogP contribution in [0.1, 0.15) is 33.6 Å². The first-order chi connectivity index (χ1) is 9.45. The van der Waals surface area contributed by atoms with Crippen molar-refractivity contribution >= 4 is 17.8 Å². The molecule has 1 amide bonds. The molecule has 0 unspecified atom stereocenters. The monoisotopic (exact) mass is 283 g/mol. The molecule has 1 fully saturated rings. The average Bonchev–Trinajstić information content (AvgIpc) is 2.82. The Balaban J connectivity index is 2.92. The van der Waals surface area contributed by atoms with Crippen molar-refractivity contribution < 1.29 is 23.9 Å². The standard InChI is InChI=1S/C14H21NO5/c1-4-19-12(17)14(3,13(18)20-5-2)8-10-15-9-6-7-11(15)16/h8,10H,4-7,9H2,1-3H3/b10-8+. The van der Waals surface area contributed by atoms with Crippen LogP contribution in [0.25, 0.3) is 0 Å². The Hall–Kier alpha value is -1.85. The zero-order chi connectivity index (χ0) is 15.2. The van der Waals surface area contributed by atoms with Gasteiger partial charge in [0, 0.05) is 19.2 Å². The van der Waals surface area contributed by atoms with Crippen molar-refractivity contribution in [3.05, 3.63) is 12.3 Å². The van der Waals surface area contributed by atoms with Crippen LogP contribution in [0.15, 0.2) is 12.3 Å². The minimum Gasteiger partial charge on any atom is -0.465 e. The summed E-state index contributed by atoms with van der Waals surface area (Å²) in [5.41, 5.74) is -1.53. The molecule has 0 aliphatic carbocycles. The number of nitrogens with zero attached hydrogens (tertiary/aromatic N) is 1. The van der Waals surface area contributed by atoms with E-state index < -0.39 is 17.4 Å². The van der Waals surface area contributed by atoms with Crippen LogP contribution in [0.4, 0.5) is 0 Å². The first-order valence-electron chi connectivity index (χ1n) is 6.79. The summed E-state index contributed by atoms with van der Waals surface area (Å²) in [6, 6.07) is 0. The van der Waals surface area contributed by atoms with Gasteiger partial charge in [-0.15, -0.1) is 0 Å². The van der Waals surface area contributed by atoms with Gasteiger partial charge in [-0.3, -0.25) is 14.4 Å². The van der Waals surface area contributed by atoms with Crippen LogP contribution in [0.5, 0.6) is 0 Å². The second kappa shape index (κ2) is 7.07. The molecule has 0 aromatic heterocycles. The molecule has 0 aromatic rings. The third kappa shape index (κ3) is 3.59. The SMILES string of the molecule is CCOC(=O)C(C)(/C=C/N1CCCC1=O)C(=O)OCC. The van der Waals surface area contributed by atoms with E-state index in [4.69, 9.17) is 9.47 Å². The Kier molecular flexibility index (Phi) is 5.73. The number of hydrogen-bond acceptors (Lipinski definition) is 5. The fourth-order valence-corrected chi connectivity index (χ4v) is 1.85. The number of rotatable bonds is 6. The summed E-state index contributed by atoms with van der Waals surface area (Å²) in [4.78, 5) is 37.0. The van der Waals surface area contributed by atoms with E-state index in [9.17, 15) is 14.4 Å². The Morgan fingerprint density at radius 3 is 2.20 bits per heavy atom. The normalized spacial score (nSPS) is 15.8. The first kappa shape index (κ1) is 16.2. The van der Waals surface area contributed by atoms with E-state index in [2.05, 4.69) is 0 Å². The van der Waals surface area contributed by atoms with E-state index >= 15 is 0 Å². The third-order valence-electron chi connectivity index (χ3n) is 3.10. The van der Waals surface area contributed by atoms with Gasteiger partial charge in [-0.1, -0.05) is 0 Å². The van der Waals surface area contributed by atoms with Gasteiger partial charge >= 0.3 is 11.9 Å². The zero-order valence-electron chi connectivity index (χ0n) is 12.2. The van der Waals surface area contributed by atoms with Gasteiger partial charge in [0.2, 0.25) is 5.91 Å². The van der Waals surface area contributed by atoms with Crippen LogP contribution in [-0.4, -0.2) is 42.5 Å². The lowest BCUT2D eigenvalue weighted by Crippen LogP contribution is -2.38. The number of ether oxygens (including phenoxy) is 2. The van der Waals surface area contributed by atoms with Gasteiger partial charge in [-0.05, 0) is 33.3 Å². The first-order valence-corrected chi connectivity index (χ1v) is 6.79. The molecule has 1 aliphatic heterocycles. The van der Waals surface area contributed by atoms with Crippen molar-refractivity contribution in [2.75, 3.05) is 19.8 Å². The second-order valence-electron chi connectivity index (χ2n) is 4.65. The van der Waals surface area contributed by atoms with Crippen molar-refractivity contribution in [2.45, 2.75) is 33.6 Å². The van der Waals surface area contributed by atoms with E-state index in [0.717, 1.165) is 6.42 Å². The molecule has 0 radical (unpaired) electrons. The second-order valence-corrected chi connectivity index (χ2v) is 4.65. The quantitative estimate of drug-likeness (QED) is 0.542. The molecule has 20 heavy (non-hydrogen) atoms. The molecule has 0 spiro atoms. The molecule has 0 saturated carbocycles. The third-order valence-corrected chi connectivity index (χ3v) is 3.10. The van der Waals surface area contributed by atoms with Gasteiger partial charge in [0.1, 0.15) is 0 Å². The molecule has 6 nitrogen and oxygen atoms in total. The van der Waals surface area contributed by atoms with E-state index in [-0.39, 0.29) is 19.1 Å². The summed E-state index contributed by atoms with van der Waals surface area (Å²) >= 11 is 0. The van der Waals surface area contributed by atoms with Crippen LogP contribution >= 0.6 is 0 Å². The summed E-state index contributed by atoms with van der Waals surface area (Å²) in [6.07, 6.45) is 4.12. The van der Waals surface area contributed by atoms with Gasteiger partial charge in [0.25, 0.3) is 0 Å². The minimum atomic E-state index is -1.53. The van der Waals surface area contributed by atoms with Gasteiger partial charge in [0.05, 0.1) is 13.2 Å². The molecule has 0 aromatic carbocycles. The molecule has 1 aliphatic rings. The summed E-state index contributed by atoms with van der Waals surface area (Å²) < 4.78 is 9.84. The Morgan fingerprint density at radius 2 is 1.80 bits per heavy atom. The maximum atomic E-state index is 12.0. The van der Waals surface area contributed by atoms with E-state index in [1.807, 2.05) is 0 Å². The summed E-state index contributed by atoms with van der Waals surface area (Å²) in [6.45, 7) is 5.69. The molecule has 1 rings (SSSR count).